The molecule has 0 unspecified atom stereocenters. The van der Waals surface area contributed by atoms with E-state index in [9.17, 15) is 0 Å². The number of halogens is 2. The van der Waals surface area contributed by atoms with Crippen LogP contribution in [0.1, 0.15) is 12.8 Å². The third-order valence-electron chi connectivity index (χ3n) is 2.57. The third kappa shape index (κ3) is 3.34. The van der Waals surface area contributed by atoms with Crippen LogP contribution in [0.3, 0.4) is 0 Å². The summed E-state index contributed by atoms with van der Waals surface area (Å²) in [6.07, 6.45) is 3.79. The molecule has 1 aromatic rings. The van der Waals surface area contributed by atoms with Crippen molar-refractivity contribution in [3.05, 3.63) is 21.8 Å². The molecule has 3 nitrogen and oxygen atoms in total. The Morgan fingerprint density at radius 2 is 2.25 bits per heavy atom. The molecule has 1 saturated heterocycles. The molecule has 16 heavy (non-hydrogen) atoms. The van der Waals surface area contributed by atoms with E-state index in [4.69, 9.17) is 21.1 Å². The van der Waals surface area contributed by atoms with Crippen molar-refractivity contribution in [3.8, 4) is 5.88 Å². The van der Waals surface area contributed by atoms with Gasteiger partial charge in [0, 0.05) is 23.9 Å². The van der Waals surface area contributed by atoms with Crippen molar-refractivity contribution < 1.29 is 9.47 Å². The Morgan fingerprint density at radius 1 is 1.50 bits per heavy atom. The molecule has 1 aromatic heterocycles. The molecule has 5 heteroatoms. The molecular weight excluding hydrogens is 293 g/mol. The Labute approximate surface area is 108 Å². The fourth-order valence-electron chi connectivity index (χ4n) is 1.62. The normalized spacial score (nSPS) is 17.4. The maximum atomic E-state index is 6.01. The standard InChI is InChI=1S/C11H13BrClNO2/c12-9-5-10(13)11(14-6-9)16-7-8-1-3-15-4-2-8/h5-6,8H,1-4,7H2. The number of aromatic nitrogens is 1. The number of nitrogens with zero attached hydrogens (tertiary/aromatic N) is 1. The minimum atomic E-state index is 0.511. The van der Waals surface area contributed by atoms with Gasteiger partial charge in [0.05, 0.1) is 6.61 Å². The van der Waals surface area contributed by atoms with Gasteiger partial charge in [-0.05, 0) is 40.8 Å². The van der Waals surface area contributed by atoms with Crippen LogP contribution < -0.4 is 4.74 Å². The molecule has 1 fully saturated rings. The Hall–Kier alpha value is -0.320. The van der Waals surface area contributed by atoms with Gasteiger partial charge in [-0.15, -0.1) is 0 Å². The third-order valence-corrected chi connectivity index (χ3v) is 3.28. The largest absolute Gasteiger partial charge is 0.476 e. The van der Waals surface area contributed by atoms with Crippen molar-refractivity contribution in [3.63, 3.8) is 0 Å². The van der Waals surface area contributed by atoms with Crippen LogP contribution in [0.5, 0.6) is 5.88 Å². The Kier molecular flexibility index (Phi) is 4.44. The molecule has 1 aliphatic heterocycles. The smallest absolute Gasteiger partial charge is 0.232 e. The van der Waals surface area contributed by atoms with Gasteiger partial charge in [0.1, 0.15) is 5.02 Å². The topological polar surface area (TPSA) is 31.4 Å². The molecule has 0 bridgehead atoms. The lowest BCUT2D eigenvalue weighted by Gasteiger charge is -2.21. The van der Waals surface area contributed by atoms with Gasteiger partial charge in [0.2, 0.25) is 5.88 Å². The molecule has 0 saturated carbocycles. The zero-order chi connectivity index (χ0) is 11.4. The van der Waals surface area contributed by atoms with E-state index < -0.39 is 0 Å². The van der Waals surface area contributed by atoms with Crippen LogP contribution in [0.15, 0.2) is 16.7 Å². The lowest BCUT2D eigenvalue weighted by molar-refractivity contribution is 0.0490. The number of hydrogen-bond acceptors (Lipinski definition) is 3. The highest BCUT2D eigenvalue weighted by atomic mass is 79.9. The lowest BCUT2D eigenvalue weighted by atomic mass is 10.0. The van der Waals surface area contributed by atoms with Crippen molar-refractivity contribution >= 4 is 27.5 Å². The molecule has 88 valence electrons. The second kappa shape index (κ2) is 5.84. The lowest BCUT2D eigenvalue weighted by Crippen LogP contribution is -2.21. The summed E-state index contributed by atoms with van der Waals surface area (Å²) < 4.78 is 11.8. The van der Waals surface area contributed by atoms with Crippen molar-refractivity contribution in [1.82, 2.24) is 4.98 Å². The molecule has 0 aromatic carbocycles. The SMILES string of the molecule is Clc1cc(Br)cnc1OCC1CCOCC1. The van der Waals surface area contributed by atoms with Crippen LogP contribution in [0, 0.1) is 5.92 Å². The Bertz CT molecular complexity index is 356. The first-order chi connectivity index (χ1) is 7.75. The van der Waals surface area contributed by atoms with Gasteiger partial charge in [-0.2, -0.15) is 0 Å². The number of ether oxygens (including phenoxy) is 2. The molecule has 0 aliphatic carbocycles. The van der Waals surface area contributed by atoms with Crippen LogP contribution in [0.25, 0.3) is 0 Å². The maximum absolute atomic E-state index is 6.01. The van der Waals surface area contributed by atoms with E-state index >= 15 is 0 Å². The minimum Gasteiger partial charge on any atom is -0.476 e. The molecule has 1 aliphatic rings. The van der Waals surface area contributed by atoms with E-state index in [-0.39, 0.29) is 0 Å². The van der Waals surface area contributed by atoms with E-state index in [0.717, 1.165) is 30.5 Å². The van der Waals surface area contributed by atoms with E-state index in [1.165, 1.54) is 0 Å². The number of hydrogen-bond donors (Lipinski definition) is 0. The van der Waals surface area contributed by atoms with Gasteiger partial charge in [0.15, 0.2) is 0 Å². The summed E-state index contributed by atoms with van der Waals surface area (Å²) in [5, 5.41) is 0.543. The molecule has 0 spiro atoms. The van der Waals surface area contributed by atoms with Gasteiger partial charge in [-0.25, -0.2) is 4.98 Å². The van der Waals surface area contributed by atoms with Gasteiger partial charge >= 0.3 is 0 Å². The Balaban J connectivity index is 1.88. The van der Waals surface area contributed by atoms with Crippen molar-refractivity contribution in [2.45, 2.75) is 12.8 Å². The molecular formula is C11H13BrClNO2. The maximum Gasteiger partial charge on any atom is 0.232 e. The van der Waals surface area contributed by atoms with E-state index in [1.807, 2.05) is 0 Å². The average molecular weight is 307 g/mol. The highest BCUT2D eigenvalue weighted by molar-refractivity contribution is 9.10. The summed E-state index contributed by atoms with van der Waals surface area (Å²) in [4.78, 5) is 4.13. The summed E-state index contributed by atoms with van der Waals surface area (Å²) in [6.45, 7) is 2.32. The van der Waals surface area contributed by atoms with Crippen LogP contribution >= 0.6 is 27.5 Å². The second-order valence-corrected chi connectivity index (χ2v) is 5.13. The predicted octanol–water partition coefficient (Wildman–Crippen LogP) is 3.30. The van der Waals surface area contributed by atoms with E-state index in [1.54, 1.807) is 12.3 Å². The van der Waals surface area contributed by atoms with Crippen molar-refractivity contribution in [1.29, 1.82) is 0 Å². The van der Waals surface area contributed by atoms with Crippen LogP contribution in [0.4, 0.5) is 0 Å². The predicted molar refractivity (Wildman–Crippen MR) is 66.0 cm³/mol. The van der Waals surface area contributed by atoms with Gasteiger partial charge in [-0.1, -0.05) is 11.6 Å². The zero-order valence-electron chi connectivity index (χ0n) is 8.79. The first kappa shape index (κ1) is 12.1. The highest BCUT2D eigenvalue weighted by Gasteiger charge is 2.15. The fourth-order valence-corrected chi connectivity index (χ4v) is 2.30. The quantitative estimate of drug-likeness (QED) is 0.858. The minimum absolute atomic E-state index is 0.511. The van der Waals surface area contributed by atoms with Gasteiger partial charge in [0.25, 0.3) is 0 Å². The van der Waals surface area contributed by atoms with Gasteiger partial charge < -0.3 is 9.47 Å². The molecule has 2 heterocycles. The molecule has 0 N–H and O–H groups in total. The molecule has 0 amide bonds. The summed E-state index contributed by atoms with van der Waals surface area (Å²) >= 11 is 9.31. The van der Waals surface area contributed by atoms with Crippen LogP contribution in [-0.2, 0) is 4.74 Å². The molecule has 2 rings (SSSR count). The van der Waals surface area contributed by atoms with E-state index in [0.29, 0.717) is 23.4 Å². The Morgan fingerprint density at radius 3 is 2.94 bits per heavy atom. The zero-order valence-corrected chi connectivity index (χ0v) is 11.1. The first-order valence-electron chi connectivity index (χ1n) is 5.27. The highest BCUT2D eigenvalue weighted by Crippen LogP contribution is 2.26. The van der Waals surface area contributed by atoms with Crippen molar-refractivity contribution in [2.75, 3.05) is 19.8 Å². The summed E-state index contributed by atoms with van der Waals surface area (Å²) in [6, 6.07) is 1.79. The first-order valence-corrected chi connectivity index (χ1v) is 6.44. The van der Waals surface area contributed by atoms with E-state index in [2.05, 4.69) is 20.9 Å². The van der Waals surface area contributed by atoms with Crippen molar-refractivity contribution in [2.24, 2.45) is 5.92 Å². The van der Waals surface area contributed by atoms with Crippen LogP contribution in [0.2, 0.25) is 5.02 Å². The summed E-state index contributed by atoms with van der Waals surface area (Å²) in [5.41, 5.74) is 0. The monoisotopic (exact) mass is 305 g/mol. The summed E-state index contributed by atoms with van der Waals surface area (Å²) in [7, 11) is 0. The summed E-state index contributed by atoms with van der Waals surface area (Å²) in [5.74, 6) is 1.06. The van der Waals surface area contributed by atoms with Gasteiger partial charge in [-0.3, -0.25) is 0 Å². The van der Waals surface area contributed by atoms with Crippen LogP contribution in [-0.4, -0.2) is 24.8 Å². The fraction of sp³-hybridized carbons (Fsp3) is 0.545. The number of rotatable bonds is 3. The number of pyridine rings is 1. The average Bonchev–Trinajstić information content (AvgIpc) is 2.29. The molecule has 0 radical (unpaired) electrons. The molecule has 0 atom stereocenters. The second-order valence-electron chi connectivity index (χ2n) is 3.81.